The summed E-state index contributed by atoms with van der Waals surface area (Å²) < 4.78 is 10.1. The average molecular weight is 307 g/mol. The highest BCUT2D eigenvalue weighted by Crippen LogP contribution is 2.34. The first-order valence-corrected chi connectivity index (χ1v) is 7.80. The minimum atomic E-state index is -0.160. The van der Waals surface area contributed by atoms with Gasteiger partial charge in [-0.25, -0.2) is 0 Å². The molecule has 122 valence electrons. The topological polar surface area (TPSA) is 58.8 Å². The van der Waals surface area contributed by atoms with Crippen molar-refractivity contribution in [3.8, 4) is 5.75 Å². The van der Waals surface area contributed by atoms with Crippen LogP contribution in [-0.2, 0) is 16.0 Å². The van der Waals surface area contributed by atoms with Crippen molar-refractivity contribution in [3.05, 3.63) is 29.8 Å². The molecule has 0 amide bonds. The summed E-state index contributed by atoms with van der Waals surface area (Å²) >= 11 is 0. The van der Waals surface area contributed by atoms with Crippen LogP contribution in [0.15, 0.2) is 24.3 Å². The van der Waals surface area contributed by atoms with Crippen molar-refractivity contribution >= 4 is 5.97 Å². The number of methoxy groups -OCH3 is 1. The number of esters is 1. The van der Waals surface area contributed by atoms with E-state index in [1.807, 2.05) is 38.1 Å². The molecule has 0 spiro atoms. The molecule has 5 heteroatoms. The van der Waals surface area contributed by atoms with Crippen LogP contribution < -0.4 is 4.74 Å². The fourth-order valence-corrected chi connectivity index (χ4v) is 2.82. The first-order valence-electron chi connectivity index (χ1n) is 7.80. The van der Waals surface area contributed by atoms with Crippen molar-refractivity contribution in [3.63, 3.8) is 0 Å². The van der Waals surface area contributed by atoms with Crippen LogP contribution in [-0.4, -0.2) is 42.0 Å². The molecule has 1 N–H and O–H groups in total. The van der Waals surface area contributed by atoms with Gasteiger partial charge < -0.3 is 14.7 Å². The van der Waals surface area contributed by atoms with Gasteiger partial charge in [-0.2, -0.15) is 5.06 Å². The summed E-state index contributed by atoms with van der Waals surface area (Å²) in [6.45, 7) is 4.25. The molecular weight excluding hydrogens is 282 g/mol. The third-order valence-corrected chi connectivity index (χ3v) is 4.10. The molecule has 1 saturated heterocycles. The van der Waals surface area contributed by atoms with Crippen molar-refractivity contribution in [1.82, 2.24) is 5.06 Å². The summed E-state index contributed by atoms with van der Waals surface area (Å²) in [4.78, 5) is 11.5. The molecule has 22 heavy (non-hydrogen) atoms. The Balaban J connectivity index is 1.78. The molecule has 1 aromatic carbocycles. The molecule has 2 rings (SSSR count). The van der Waals surface area contributed by atoms with Crippen molar-refractivity contribution in [2.45, 2.75) is 45.2 Å². The molecule has 0 saturated carbocycles. The molecule has 1 heterocycles. The van der Waals surface area contributed by atoms with Crippen LogP contribution in [0.25, 0.3) is 0 Å². The van der Waals surface area contributed by atoms with Crippen molar-refractivity contribution < 1.29 is 19.5 Å². The number of benzene rings is 1. The molecule has 0 radical (unpaired) electrons. The van der Waals surface area contributed by atoms with Crippen LogP contribution in [0.1, 0.15) is 32.3 Å². The first-order chi connectivity index (χ1) is 10.5. The van der Waals surface area contributed by atoms with Crippen LogP contribution in [0, 0.1) is 5.92 Å². The quantitative estimate of drug-likeness (QED) is 0.591. The number of hydrogen-bond donors (Lipinski definition) is 1. The Labute approximate surface area is 131 Å². The Morgan fingerprint density at radius 2 is 2.00 bits per heavy atom. The molecule has 1 aliphatic heterocycles. The van der Waals surface area contributed by atoms with Gasteiger partial charge in [0.25, 0.3) is 0 Å². The molecule has 0 bridgehead atoms. The summed E-state index contributed by atoms with van der Waals surface area (Å²) in [5.74, 6) is 0.881. The monoisotopic (exact) mass is 307 g/mol. The van der Waals surface area contributed by atoms with E-state index in [1.54, 1.807) is 7.11 Å². The summed E-state index contributed by atoms with van der Waals surface area (Å²) in [6, 6.07) is 8.16. The van der Waals surface area contributed by atoms with E-state index >= 15 is 0 Å². The molecule has 0 aliphatic carbocycles. The van der Waals surface area contributed by atoms with Crippen molar-refractivity contribution in [2.24, 2.45) is 5.92 Å². The Bertz CT molecular complexity index is 488. The predicted octanol–water partition coefficient (Wildman–Crippen LogP) is 2.66. The van der Waals surface area contributed by atoms with Gasteiger partial charge in [0.15, 0.2) is 0 Å². The smallest absolute Gasteiger partial charge is 0.306 e. The number of carbonyl (C=O) groups excluding carboxylic acids is 1. The number of ether oxygens (including phenoxy) is 2. The third kappa shape index (κ3) is 4.45. The van der Waals surface area contributed by atoms with Crippen LogP contribution >= 0.6 is 0 Å². The number of hydroxylamine groups is 2. The summed E-state index contributed by atoms with van der Waals surface area (Å²) in [7, 11) is 1.65. The van der Waals surface area contributed by atoms with Gasteiger partial charge in [0.1, 0.15) is 5.75 Å². The zero-order valence-electron chi connectivity index (χ0n) is 13.5. The second-order valence-corrected chi connectivity index (χ2v) is 5.92. The lowest BCUT2D eigenvalue weighted by Crippen LogP contribution is -2.12. The van der Waals surface area contributed by atoms with Gasteiger partial charge in [-0.15, -0.1) is 0 Å². The fraction of sp³-hybridized carbons (Fsp3) is 0.588. The van der Waals surface area contributed by atoms with Crippen molar-refractivity contribution in [1.29, 1.82) is 0 Å². The van der Waals surface area contributed by atoms with E-state index in [2.05, 4.69) is 0 Å². The number of nitrogens with zero attached hydrogens (tertiary/aromatic N) is 1. The summed E-state index contributed by atoms with van der Waals surface area (Å²) in [5, 5.41) is 11.3. The molecule has 5 nitrogen and oxygen atoms in total. The highest BCUT2D eigenvalue weighted by atomic mass is 16.5. The van der Waals surface area contributed by atoms with Crippen molar-refractivity contribution in [2.75, 3.05) is 13.7 Å². The van der Waals surface area contributed by atoms with Gasteiger partial charge >= 0.3 is 5.97 Å². The van der Waals surface area contributed by atoms with E-state index in [0.717, 1.165) is 18.6 Å². The number of rotatable bonds is 8. The molecule has 1 aliphatic rings. The minimum absolute atomic E-state index is 0.131. The van der Waals surface area contributed by atoms with Crippen LogP contribution in [0.4, 0.5) is 0 Å². The van der Waals surface area contributed by atoms with E-state index in [4.69, 9.17) is 9.47 Å². The number of carbonyl (C=O) groups is 1. The van der Waals surface area contributed by atoms with Gasteiger partial charge in [-0.05, 0) is 43.4 Å². The molecule has 4 unspecified atom stereocenters. The second-order valence-electron chi connectivity index (χ2n) is 5.92. The maximum absolute atomic E-state index is 11.5. The number of hydrogen-bond acceptors (Lipinski definition) is 5. The highest BCUT2D eigenvalue weighted by molar-refractivity contribution is 5.69. The lowest BCUT2D eigenvalue weighted by molar-refractivity contribution is -0.144. The Morgan fingerprint density at radius 3 is 2.59 bits per heavy atom. The lowest BCUT2D eigenvalue weighted by Gasteiger charge is -2.09. The molecular formula is C17H25NO4. The first kappa shape index (κ1) is 16.8. The largest absolute Gasteiger partial charge is 0.497 e. The van der Waals surface area contributed by atoms with Gasteiger partial charge in [-0.1, -0.05) is 19.1 Å². The van der Waals surface area contributed by atoms with Gasteiger partial charge in [-0.3, -0.25) is 4.79 Å². The minimum Gasteiger partial charge on any atom is -0.497 e. The van der Waals surface area contributed by atoms with Gasteiger partial charge in [0.05, 0.1) is 25.8 Å². The molecule has 1 aromatic rings. The highest BCUT2D eigenvalue weighted by Gasteiger charge is 2.47. The molecule has 4 atom stereocenters. The van der Waals surface area contributed by atoms with Crippen LogP contribution in [0.2, 0.25) is 0 Å². The fourth-order valence-electron chi connectivity index (χ4n) is 2.82. The van der Waals surface area contributed by atoms with E-state index in [1.165, 1.54) is 10.6 Å². The van der Waals surface area contributed by atoms with E-state index in [9.17, 15) is 10.0 Å². The van der Waals surface area contributed by atoms with Crippen LogP contribution in [0.3, 0.4) is 0 Å². The molecule has 0 aromatic heterocycles. The third-order valence-electron chi connectivity index (χ3n) is 4.10. The summed E-state index contributed by atoms with van der Waals surface area (Å²) in [5.41, 5.74) is 1.17. The Hall–Kier alpha value is -1.59. The van der Waals surface area contributed by atoms with Gasteiger partial charge in [0, 0.05) is 6.42 Å². The Morgan fingerprint density at radius 1 is 1.32 bits per heavy atom. The summed E-state index contributed by atoms with van der Waals surface area (Å²) in [6.07, 6.45) is 2.01. The second kappa shape index (κ2) is 7.61. The predicted molar refractivity (Wildman–Crippen MR) is 82.9 cm³/mol. The zero-order valence-corrected chi connectivity index (χ0v) is 13.5. The average Bonchev–Trinajstić information content (AvgIpc) is 3.08. The molecule has 1 fully saturated rings. The maximum Gasteiger partial charge on any atom is 0.306 e. The standard InChI is InChI=1S/C17H25NO4/c1-4-22-17(19)10-12(2)9-15-16(18(15)20)11-13-5-7-14(21-3)8-6-13/h5-8,12,15-16,20H,4,9-11H2,1-3H3. The van der Waals surface area contributed by atoms with E-state index in [-0.39, 0.29) is 24.0 Å². The SMILES string of the molecule is CCOC(=O)CC(C)CC1C(Cc2ccc(OC)cc2)N1O. The maximum atomic E-state index is 11.5. The van der Waals surface area contributed by atoms with E-state index in [0.29, 0.717) is 13.0 Å². The van der Waals surface area contributed by atoms with E-state index < -0.39 is 0 Å². The van der Waals surface area contributed by atoms with Crippen LogP contribution in [0.5, 0.6) is 5.75 Å². The zero-order chi connectivity index (χ0) is 16.1. The Kier molecular flexibility index (Phi) is 5.80. The normalized spacial score (nSPS) is 24.6. The lowest BCUT2D eigenvalue weighted by atomic mass is 9.98. The van der Waals surface area contributed by atoms with Gasteiger partial charge in [0.2, 0.25) is 0 Å².